The van der Waals surface area contributed by atoms with Crippen LogP contribution in [0.15, 0.2) is 24.3 Å². The minimum Gasteiger partial charge on any atom is -0.497 e. The number of benzene rings is 1. The maximum Gasteiger partial charge on any atom is 0.258 e. The summed E-state index contributed by atoms with van der Waals surface area (Å²) in [7, 11) is 1.58. The fraction of sp³-hybridized carbons (Fsp3) is 0.529. The van der Waals surface area contributed by atoms with Gasteiger partial charge in [-0.1, -0.05) is 0 Å². The molecule has 0 spiro atoms. The van der Waals surface area contributed by atoms with Crippen molar-refractivity contribution in [2.24, 2.45) is 0 Å². The molecule has 1 aromatic rings. The second-order valence-electron chi connectivity index (χ2n) is 5.80. The third-order valence-corrected chi connectivity index (χ3v) is 3.64. The van der Waals surface area contributed by atoms with Gasteiger partial charge in [-0.2, -0.15) is 0 Å². The molecule has 2 unspecified atom stereocenters. The molecule has 7 heteroatoms. The van der Waals surface area contributed by atoms with E-state index in [-0.39, 0.29) is 37.2 Å². The van der Waals surface area contributed by atoms with Gasteiger partial charge in [-0.3, -0.25) is 9.59 Å². The first-order valence-electron chi connectivity index (χ1n) is 7.94. The highest BCUT2D eigenvalue weighted by Gasteiger charge is 2.25. The summed E-state index contributed by atoms with van der Waals surface area (Å²) in [5.41, 5.74) is 0. The van der Waals surface area contributed by atoms with E-state index in [2.05, 4.69) is 5.32 Å². The Morgan fingerprint density at radius 3 is 2.33 bits per heavy atom. The quantitative estimate of drug-likeness (QED) is 0.832. The lowest BCUT2D eigenvalue weighted by Gasteiger charge is -2.35. The van der Waals surface area contributed by atoms with Gasteiger partial charge in [0.25, 0.3) is 5.91 Å². The lowest BCUT2D eigenvalue weighted by atomic mass is 10.2. The van der Waals surface area contributed by atoms with Crippen LogP contribution >= 0.6 is 0 Å². The van der Waals surface area contributed by atoms with E-state index < -0.39 is 0 Å². The molecular formula is C17H24N2O5. The Bertz CT molecular complexity index is 551. The SMILES string of the molecule is COc1ccc(OCC(=O)NCC(=O)N2CC(C)OC(C)C2)cc1. The molecule has 7 nitrogen and oxygen atoms in total. The van der Waals surface area contributed by atoms with Crippen LogP contribution in [0, 0.1) is 0 Å². The van der Waals surface area contributed by atoms with Crippen molar-refractivity contribution >= 4 is 11.8 Å². The molecule has 0 aliphatic carbocycles. The maximum atomic E-state index is 12.1. The van der Waals surface area contributed by atoms with Crippen LogP contribution in [-0.4, -0.2) is 62.3 Å². The number of morpholine rings is 1. The third kappa shape index (κ3) is 5.42. The first kappa shape index (κ1) is 18.1. The third-order valence-electron chi connectivity index (χ3n) is 3.64. The molecule has 2 atom stereocenters. The fourth-order valence-electron chi connectivity index (χ4n) is 2.54. The number of amides is 2. The monoisotopic (exact) mass is 336 g/mol. The molecule has 132 valence electrons. The molecule has 1 N–H and O–H groups in total. The van der Waals surface area contributed by atoms with E-state index in [0.29, 0.717) is 24.6 Å². The Labute approximate surface area is 141 Å². The van der Waals surface area contributed by atoms with Gasteiger partial charge in [-0.05, 0) is 38.1 Å². The lowest BCUT2D eigenvalue weighted by Crippen LogP contribution is -2.51. The summed E-state index contributed by atoms with van der Waals surface area (Å²) in [4.78, 5) is 25.7. The number of nitrogens with zero attached hydrogens (tertiary/aromatic N) is 1. The smallest absolute Gasteiger partial charge is 0.258 e. The maximum absolute atomic E-state index is 12.1. The van der Waals surface area contributed by atoms with Crippen LogP contribution in [0.2, 0.25) is 0 Å². The first-order valence-corrected chi connectivity index (χ1v) is 7.94. The van der Waals surface area contributed by atoms with Crippen molar-refractivity contribution in [1.29, 1.82) is 0 Å². The van der Waals surface area contributed by atoms with Gasteiger partial charge in [-0.15, -0.1) is 0 Å². The van der Waals surface area contributed by atoms with Crippen LogP contribution in [-0.2, 0) is 14.3 Å². The summed E-state index contributed by atoms with van der Waals surface area (Å²) in [5, 5.41) is 2.58. The van der Waals surface area contributed by atoms with Gasteiger partial charge in [-0.25, -0.2) is 0 Å². The van der Waals surface area contributed by atoms with Crippen molar-refractivity contribution in [2.75, 3.05) is 33.4 Å². The number of carbonyl (C=O) groups is 2. The fourth-order valence-corrected chi connectivity index (χ4v) is 2.54. The molecule has 2 rings (SSSR count). The van der Waals surface area contributed by atoms with Gasteiger partial charge >= 0.3 is 0 Å². The number of hydrogen-bond acceptors (Lipinski definition) is 5. The van der Waals surface area contributed by atoms with E-state index in [1.54, 1.807) is 36.3 Å². The Morgan fingerprint density at radius 2 is 1.75 bits per heavy atom. The van der Waals surface area contributed by atoms with Crippen molar-refractivity contribution in [3.8, 4) is 11.5 Å². The standard InChI is InChI=1S/C17H24N2O5/c1-12-9-19(10-13(2)24-12)17(21)8-18-16(20)11-23-15-6-4-14(22-3)5-7-15/h4-7,12-13H,8-11H2,1-3H3,(H,18,20). The Balaban J connectivity index is 1.71. The number of carbonyl (C=O) groups excluding carboxylic acids is 2. The molecule has 2 amide bonds. The molecular weight excluding hydrogens is 312 g/mol. The van der Waals surface area contributed by atoms with Crippen LogP contribution in [0.4, 0.5) is 0 Å². The average Bonchev–Trinajstić information content (AvgIpc) is 2.57. The molecule has 1 aromatic carbocycles. The first-order chi connectivity index (χ1) is 11.5. The van der Waals surface area contributed by atoms with Gasteiger partial charge in [0.1, 0.15) is 11.5 Å². The number of nitrogens with one attached hydrogen (secondary N) is 1. The molecule has 1 aliphatic rings. The van der Waals surface area contributed by atoms with E-state index in [4.69, 9.17) is 14.2 Å². The van der Waals surface area contributed by atoms with Crippen molar-refractivity contribution in [3.05, 3.63) is 24.3 Å². The number of rotatable bonds is 6. The van der Waals surface area contributed by atoms with Crippen LogP contribution in [0.5, 0.6) is 11.5 Å². The normalized spacial score (nSPS) is 20.4. The highest BCUT2D eigenvalue weighted by Crippen LogP contribution is 2.16. The zero-order chi connectivity index (χ0) is 17.5. The van der Waals surface area contributed by atoms with E-state index in [9.17, 15) is 9.59 Å². The topological polar surface area (TPSA) is 77.1 Å². The van der Waals surface area contributed by atoms with Crippen LogP contribution in [0.3, 0.4) is 0 Å². The molecule has 1 saturated heterocycles. The summed E-state index contributed by atoms with van der Waals surface area (Å²) in [6.07, 6.45) is 0.0126. The Morgan fingerprint density at radius 1 is 1.17 bits per heavy atom. The van der Waals surface area contributed by atoms with Crippen molar-refractivity contribution in [1.82, 2.24) is 10.2 Å². The summed E-state index contributed by atoms with van der Waals surface area (Å²) in [6.45, 7) is 4.76. The van der Waals surface area contributed by atoms with Crippen molar-refractivity contribution < 1.29 is 23.8 Å². The van der Waals surface area contributed by atoms with E-state index in [0.717, 1.165) is 0 Å². The van der Waals surface area contributed by atoms with Gasteiger partial charge in [0.05, 0.1) is 25.9 Å². The summed E-state index contributed by atoms with van der Waals surface area (Å²) in [6, 6.07) is 6.93. The van der Waals surface area contributed by atoms with Gasteiger partial charge in [0.2, 0.25) is 5.91 Å². The minimum atomic E-state index is -0.339. The molecule has 1 heterocycles. The molecule has 1 fully saturated rings. The van der Waals surface area contributed by atoms with Crippen LogP contribution in [0.25, 0.3) is 0 Å². The minimum absolute atomic E-state index is 0.00630. The zero-order valence-corrected chi connectivity index (χ0v) is 14.3. The van der Waals surface area contributed by atoms with Crippen molar-refractivity contribution in [2.45, 2.75) is 26.1 Å². The van der Waals surface area contributed by atoms with Crippen LogP contribution < -0.4 is 14.8 Å². The molecule has 1 aliphatic heterocycles. The Kier molecular flexibility index (Phi) is 6.43. The zero-order valence-electron chi connectivity index (χ0n) is 14.3. The molecule has 24 heavy (non-hydrogen) atoms. The predicted molar refractivity (Wildman–Crippen MR) is 88.1 cm³/mol. The second kappa shape index (κ2) is 8.54. The summed E-state index contributed by atoms with van der Waals surface area (Å²) in [5.74, 6) is 0.822. The predicted octanol–water partition coefficient (Wildman–Crippen LogP) is 0.826. The summed E-state index contributed by atoms with van der Waals surface area (Å²) < 4.78 is 16.0. The molecule has 0 bridgehead atoms. The number of hydrogen-bond donors (Lipinski definition) is 1. The van der Waals surface area contributed by atoms with E-state index >= 15 is 0 Å². The molecule has 0 radical (unpaired) electrons. The van der Waals surface area contributed by atoms with Gasteiger partial charge in [0, 0.05) is 13.1 Å². The Hall–Kier alpha value is -2.28. The average molecular weight is 336 g/mol. The van der Waals surface area contributed by atoms with Crippen molar-refractivity contribution in [3.63, 3.8) is 0 Å². The molecule has 0 aromatic heterocycles. The summed E-state index contributed by atoms with van der Waals surface area (Å²) >= 11 is 0. The van der Waals surface area contributed by atoms with E-state index in [1.807, 2.05) is 13.8 Å². The largest absolute Gasteiger partial charge is 0.497 e. The highest BCUT2D eigenvalue weighted by atomic mass is 16.5. The van der Waals surface area contributed by atoms with E-state index in [1.165, 1.54) is 0 Å². The van der Waals surface area contributed by atoms with Gasteiger partial charge < -0.3 is 24.4 Å². The van der Waals surface area contributed by atoms with Crippen LogP contribution in [0.1, 0.15) is 13.8 Å². The second-order valence-corrected chi connectivity index (χ2v) is 5.80. The van der Waals surface area contributed by atoms with Gasteiger partial charge in [0.15, 0.2) is 6.61 Å². The highest BCUT2D eigenvalue weighted by molar-refractivity contribution is 5.85. The number of ether oxygens (including phenoxy) is 3. The molecule has 0 saturated carbocycles. The number of methoxy groups -OCH3 is 1. The lowest BCUT2D eigenvalue weighted by molar-refractivity contribution is -0.143.